The molecule has 0 fully saturated rings. The van der Waals surface area contributed by atoms with Crippen LogP contribution in [0.4, 0.5) is 0 Å². The average molecular weight is 298 g/mol. The molecule has 0 aliphatic heterocycles. The van der Waals surface area contributed by atoms with Crippen molar-refractivity contribution in [2.24, 2.45) is 0 Å². The number of aryl methyl sites for hydroxylation is 2. The van der Waals surface area contributed by atoms with Crippen LogP contribution in [-0.4, -0.2) is 20.9 Å². The molecular weight excluding hydrogens is 284 g/mol. The number of ketones is 1. The van der Waals surface area contributed by atoms with Crippen LogP contribution in [0.5, 0.6) is 0 Å². The van der Waals surface area contributed by atoms with Gasteiger partial charge in [-0.2, -0.15) is 4.37 Å². The first kappa shape index (κ1) is 13.7. The maximum absolute atomic E-state index is 12.0. The van der Waals surface area contributed by atoms with Crippen molar-refractivity contribution >= 4 is 40.4 Å². The molecule has 0 aromatic carbocycles. The Labute approximate surface area is 119 Å². The van der Waals surface area contributed by atoms with Gasteiger partial charge in [0.2, 0.25) is 0 Å². The highest BCUT2D eigenvalue weighted by Gasteiger charge is 2.11. The van der Waals surface area contributed by atoms with Gasteiger partial charge in [-0.25, -0.2) is 4.98 Å². The summed E-state index contributed by atoms with van der Waals surface area (Å²) in [6, 6.07) is 3.95. The molecule has 0 saturated carbocycles. The van der Waals surface area contributed by atoms with Crippen LogP contribution >= 0.6 is 34.6 Å². The van der Waals surface area contributed by atoms with Gasteiger partial charge in [0.25, 0.3) is 0 Å². The van der Waals surface area contributed by atoms with E-state index in [0.29, 0.717) is 5.75 Å². The van der Waals surface area contributed by atoms with E-state index >= 15 is 0 Å². The first-order chi connectivity index (χ1) is 8.72. The fourth-order valence-corrected chi connectivity index (χ4v) is 3.91. The third kappa shape index (κ3) is 3.40. The monoisotopic (exact) mass is 298 g/mol. The minimum absolute atomic E-state index is 0.179. The molecule has 0 amide bonds. The van der Waals surface area contributed by atoms with E-state index in [1.807, 2.05) is 19.1 Å². The molecule has 6 heteroatoms. The highest BCUT2D eigenvalue weighted by atomic mass is 32.2. The molecule has 0 unspecified atom stereocenters. The lowest BCUT2D eigenvalue weighted by molar-refractivity contribution is 0.102. The molecule has 0 atom stereocenters. The molecule has 0 aliphatic rings. The zero-order valence-electron chi connectivity index (χ0n) is 10.3. The molecular formula is C12H14N2OS3. The van der Waals surface area contributed by atoms with Gasteiger partial charge < -0.3 is 0 Å². The van der Waals surface area contributed by atoms with Crippen molar-refractivity contribution in [2.75, 3.05) is 5.75 Å². The highest BCUT2D eigenvalue weighted by molar-refractivity contribution is 8.01. The first-order valence-electron chi connectivity index (χ1n) is 5.80. The van der Waals surface area contributed by atoms with E-state index in [-0.39, 0.29) is 5.78 Å². The number of aromatic nitrogens is 2. The van der Waals surface area contributed by atoms with Gasteiger partial charge in [-0.1, -0.05) is 25.6 Å². The normalized spacial score (nSPS) is 10.8. The quantitative estimate of drug-likeness (QED) is 0.602. The van der Waals surface area contributed by atoms with Gasteiger partial charge in [0.15, 0.2) is 10.1 Å². The summed E-state index contributed by atoms with van der Waals surface area (Å²) in [6.45, 7) is 4.13. The summed E-state index contributed by atoms with van der Waals surface area (Å²) in [5.74, 6) is 1.49. The zero-order chi connectivity index (χ0) is 13.0. The molecule has 2 aromatic heterocycles. The second-order valence-corrected chi connectivity index (χ2v) is 6.80. The van der Waals surface area contributed by atoms with Gasteiger partial charge in [0, 0.05) is 11.3 Å². The van der Waals surface area contributed by atoms with Crippen molar-refractivity contribution in [3.8, 4) is 0 Å². The molecule has 3 nitrogen and oxygen atoms in total. The Bertz CT molecular complexity index is 533. The highest BCUT2D eigenvalue weighted by Crippen LogP contribution is 2.24. The molecule has 2 heterocycles. The predicted molar refractivity (Wildman–Crippen MR) is 78.0 cm³/mol. The standard InChI is InChI=1S/C12H14N2OS3/c1-3-8-5-6-10(17-8)9(15)7-16-12-13-11(4-2)14-18-12/h5-6H,3-4,7H2,1-2H3. The number of carbonyl (C=O) groups is 1. The number of hydrogen-bond donors (Lipinski definition) is 0. The third-order valence-electron chi connectivity index (χ3n) is 2.38. The summed E-state index contributed by atoms with van der Waals surface area (Å²) in [6.07, 6.45) is 1.83. The Balaban J connectivity index is 1.91. The van der Waals surface area contributed by atoms with Gasteiger partial charge in [0.1, 0.15) is 5.82 Å². The van der Waals surface area contributed by atoms with Crippen molar-refractivity contribution < 1.29 is 4.79 Å². The topological polar surface area (TPSA) is 42.9 Å². The van der Waals surface area contributed by atoms with Gasteiger partial charge >= 0.3 is 0 Å². The number of Topliss-reactive ketones (excluding diaryl/α,β-unsaturated/α-hetero) is 1. The van der Waals surface area contributed by atoms with E-state index in [1.54, 1.807) is 11.3 Å². The van der Waals surface area contributed by atoms with E-state index in [4.69, 9.17) is 0 Å². The van der Waals surface area contributed by atoms with Crippen molar-refractivity contribution in [1.82, 2.24) is 9.36 Å². The van der Waals surface area contributed by atoms with E-state index in [2.05, 4.69) is 16.3 Å². The maximum atomic E-state index is 12.0. The summed E-state index contributed by atoms with van der Waals surface area (Å²) in [5, 5.41) is 0. The summed E-state index contributed by atoms with van der Waals surface area (Å²) in [5.41, 5.74) is 0. The Kier molecular flexibility index (Phi) is 4.91. The molecule has 0 radical (unpaired) electrons. The maximum Gasteiger partial charge on any atom is 0.183 e. The number of hydrogen-bond acceptors (Lipinski definition) is 6. The summed E-state index contributed by atoms with van der Waals surface area (Å²) >= 11 is 4.44. The molecule has 0 bridgehead atoms. The second-order valence-electron chi connectivity index (χ2n) is 3.66. The Hall–Kier alpha value is -0.720. The molecule has 2 rings (SSSR count). The molecule has 0 saturated heterocycles. The smallest absolute Gasteiger partial charge is 0.183 e. The van der Waals surface area contributed by atoms with Crippen LogP contribution in [0.1, 0.15) is 34.2 Å². The lowest BCUT2D eigenvalue weighted by Crippen LogP contribution is -1.98. The van der Waals surface area contributed by atoms with Crippen molar-refractivity contribution in [1.29, 1.82) is 0 Å². The van der Waals surface area contributed by atoms with Crippen LogP contribution in [0, 0.1) is 0 Å². The fraction of sp³-hybridized carbons (Fsp3) is 0.417. The van der Waals surface area contributed by atoms with Crippen molar-refractivity contribution in [3.05, 3.63) is 27.7 Å². The summed E-state index contributed by atoms with van der Waals surface area (Å²) in [4.78, 5) is 18.4. The fourth-order valence-electron chi connectivity index (χ4n) is 1.36. The van der Waals surface area contributed by atoms with Crippen molar-refractivity contribution in [2.45, 2.75) is 31.0 Å². The molecule has 0 N–H and O–H groups in total. The van der Waals surface area contributed by atoms with Crippen LogP contribution < -0.4 is 0 Å². The summed E-state index contributed by atoms with van der Waals surface area (Å²) < 4.78 is 5.09. The number of carbonyl (C=O) groups excluding carboxylic acids is 1. The summed E-state index contributed by atoms with van der Waals surface area (Å²) in [7, 11) is 0. The SMILES string of the molecule is CCc1nsc(SCC(=O)c2ccc(CC)s2)n1. The van der Waals surface area contributed by atoms with Crippen LogP contribution in [-0.2, 0) is 12.8 Å². The number of thiophene rings is 1. The largest absolute Gasteiger partial charge is 0.292 e. The van der Waals surface area contributed by atoms with Gasteiger partial charge in [-0.15, -0.1) is 11.3 Å². The number of thioether (sulfide) groups is 1. The van der Waals surface area contributed by atoms with Crippen molar-refractivity contribution in [3.63, 3.8) is 0 Å². The second kappa shape index (κ2) is 6.45. The Morgan fingerprint density at radius 1 is 1.33 bits per heavy atom. The third-order valence-corrected chi connectivity index (χ3v) is 5.52. The minimum Gasteiger partial charge on any atom is -0.292 e. The zero-order valence-corrected chi connectivity index (χ0v) is 12.8. The minimum atomic E-state index is 0.179. The lowest BCUT2D eigenvalue weighted by Gasteiger charge is -1.94. The molecule has 96 valence electrons. The van der Waals surface area contributed by atoms with Crippen LogP contribution in [0.15, 0.2) is 16.5 Å². The lowest BCUT2D eigenvalue weighted by atomic mass is 10.3. The van der Waals surface area contributed by atoms with E-state index in [0.717, 1.165) is 27.9 Å². The molecule has 0 aliphatic carbocycles. The Morgan fingerprint density at radius 2 is 2.17 bits per heavy atom. The molecule has 18 heavy (non-hydrogen) atoms. The molecule has 0 spiro atoms. The number of nitrogens with zero attached hydrogens (tertiary/aromatic N) is 2. The van der Waals surface area contributed by atoms with Gasteiger partial charge in [-0.05, 0) is 30.1 Å². The average Bonchev–Trinajstić information content (AvgIpc) is 3.04. The van der Waals surface area contributed by atoms with Crippen LogP contribution in [0.25, 0.3) is 0 Å². The first-order valence-corrected chi connectivity index (χ1v) is 8.37. The Morgan fingerprint density at radius 3 is 2.78 bits per heavy atom. The van der Waals surface area contributed by atoms with Crippen LogP contribution in [0.2, 0.25) is 0 Å². The number of rotatable bonds is 6. The van der Waals surface area contributed by atoms with E-state index < -0.39 is 0 Å². The molecule has 2 aromatic rings. The van der Waals surface area contributed by atoms with E-state index in [9.17, 15) is 4.79 Å². The van der Waals surface area contributed by atoms with E-state index in [1.165, 1.54) is 28.2 Å². The predicted octanol–water partition coefficient (Wildman–Crippen LogP) is 3.70. The van der Waals surface area contributed by atoms with Crippen LogP contribution in [0.3, 0.4) is 0 Å². The van der Waals surface area contributed by atoms with Gasteiger partial charge in [-0.3, -0.25) is 4.79 Å². The van der Waals surface area contributed by atoms with Gasteiger partial charge in [0.05, 0.1) is 10.6 Å².